The van der Waals surface area contributed by atoms with Gasteiger partial charge in [-0.1, -0.05) is 68.8 Å². The molecule has 0 bridgehead atoms. The largest absolute Gasteiger partial charge is 0.354 e. The molecule has 0 aliphatic rings. The van der Waals surface area contributed by atoms with Crippen LogP contribution in [0.5, 0.6) is 0 Å². The van der Waals surface area contributed by atoms with Gasteiger partial charge in [-0.3, -0.25) is 24.0 Å². The molecule has 1 atom stereocenters. The number of benzene rings is 3. The van der Waals surface area contributed by atoms with Crippen LogP contribution in [0, 0.1) is 10.1 Å². The molecular weight excluding hydrogens is 544 g/mol. The minimum absolute atomic E-state index is 0.0358. The van der Waals surface area contributed by atoms with Crippen LogP contribution in [-0.4, -0.2) is 55.7 Å². The van der Waals surface area contributed by atoms with Crippen LogP contribution >= 0.6 is 0 Å². The monoisotopic (exact) mass is 580 g/mol. The van der Waals surface area contributed by atoms with E-state index in [0.717, 1.165) is 22.7 Å². The van der Waals surface area contributed by atoms with Crippen molar-refractivity contribution >= 4 is 33.2 Å². The van der Waals surface area contributed by atoms with Crippen molar-refractivity contribution < 1.29 is 22.9 Å². The molecule has 0 saturated heterocycles. The van der Waals surface area contributed by atoms with Gasteiger partial charge < -0.3 is 10.2 Å². The molecule has 0 aliphatic heterocycles. The topological polar surface area (TPSA) is 130 Å². The van der Waals surface area contributed by atoms with Crippen LogP contribution in [0.2, 0.25) is 0 Å². The van der Waals surface area contributed by atoms with Crippen molar-refractivity contribution in [2.75, 3.05) is 23.9 Å². The van der Waals surface area contributed by atoms with Crippen LogP contribution in [0.25, 0.3) is 0 Å². The summed E-state index contributed by atoms with van der Waals surface area (Å²) in [6, 6.07) is 21.3. The van der Waals surface area contributed by atoms with E-state index in [-0.39, 0.29) is 28.7 Å². The summed E-state index contributed by atoms with van der Waals surface area (Å²) in [5.41, 5.74) is 0.850. The number of hydrogen-bond acceptors (Lipinski definition) is 6. The first-order valence-electron chi connectivity index (χ1n) is 13.6. The molecule has 3 rings (SSSR count). The SMILES string of the molecule is CCCCNC(=O)[C@H](CC)N(CCc1ccccc1)C(=O)CN(c1ccc([N+](=O)[O-])cc1)S(=O)(=O)c1ccccc1. The maximum absolute atomic E-state index is 14.0. The summed E-state index contributed by atoms with van der Waals surface area (Å²) in [6.07, 6.45) is 2.49. The summed E-state index contributed by atoms with van der Waals surface area (Å²) in [4.78, 5) is 39.2. The highest BCUT2D eigenvalue weighted by Gasteiger charge is 2.33. The minimum atomic E-state index is -4.24. The standard InChI is InChI=1S/C30H36N4O6S/c1-3-5-21-31-30(36)28(4-2)32(22-20-24-12-8-6-9-13-24)29(35)23-33(25-16-18-26(19-17-25)34(37)38)41(39,40)27-14-10-7-11-15-27/h6-19,28H,3-5,20-23H2,1-2H3,(H,31,36)/t28-/m0/s1. The molecule has 0 saturated carbocycles. The Hall–Kier alpha value is -4.25. The van der Waals surface area contributed by atoms with Crippen molar-refractivity contribution in [3.8, 4) is 0 Å². The highest BCUT2D eigenvalue weighted by atomic mass is 32.2. The smallest absolute Gasteiger partial charge is 0.269 e. The molecule has 0 fully saturated rings. The zero-order valence-electron chi connectivity index (χ0n) is 23.3. The first-order valence-corrected chi connectivity index (χ1v) is 15.1. The summed E-state index contributed by atoms with van der Waals surface area (Å²) < 4.78 is 28.5. The molecule has 1 N–H and O–H groups in total. The van der Waals surface area contributed by atoms with E-state index in [1.54, 1.807) is 18.2 Å². The predicted molar refractivity (Wildman–Crippen MR) is 158 cm³/mol. The highest BCUT2D eigenvalue weighted by molar-refractivity contribution is 7.92. The third kappa shape index (κ3) is 8.37. The fourth-order valence-corrected chi connectivity index (χ4v) is 5.83. The Morgan fingerprint density at radius 3 is 2.10 bits per heavy atom. The number of hydrogen-bond donors (Lipinski definition) is 1. The normalized spacial score (nSPS) is 11.9. The number of nitrogens with one attached hydrogen (secondary N) is 1. The highest BCUT2D eigenvalue weighted by Crippen LogP contribution is 2.26. The van der Waals surface area contributed by atoms with Gasteiger partial charge >= 0.3 is 0 Å². The predicted octanol–water partition coefficient (Wildman–Crippen LogP) is 4.56. The van der Waals surface area contributed by atoms with E-state index < -0.39 is 33.4 Å². The molecule has 3 aromatic rings. The van der Waals surface area contributed by atoms with Gasteiger partial charge in [0.15, 0.2) is 0 Å². The Bertz CT molecular complexity index is 1400. The van der Waals surface area contributed by atoms with Gasteiger partial charge in [0.1, 0.15) is 12.6 Å². The number of nitro benzene ring substituents is 1. The van der Waals surface area contributed by atoms with Crippen molar-refractivity contribution in [3.05, 3.63) is 101 Å². The molecule has 218 valence electrons. The molecule has 2 amide bonds. The van der Waals surface area contributed by atoms with Gasteiger partial charge in [0.2, 0.25) is 11.8 Å². The van der Waals surface area contributed by atoms with Crippen LogP contribution < -0.4 is 9.62 Å². The summed E-state index contributed by atoms with van der Waals surface area (Å²) in [6.45, 7) is 3.90. The van der Waals surface area contributed by atoms with Crippen molar-refractivity contribution in [2.45, 2.75) is 50.5 Å². The van der Waals surface area contributed by atoms with Crippen molar-refractivity contribution in [3.63, 3.8) is 0 Å². The molecule has 0 heterocycles. The Kier molecular flexibility index (Phi) is 11.4. The zero-order chi connectivity index (χ0) is 29.8. The molecule has 3 aromatic carbocycles. The second kappa shape index (κ2) is 14.9. The van der Waals surface area contributed by atoms with E-state index in [2.05, 4.69) is 5.32 Å². The molecule has 0 spiro atoms. The Morgan fingerprint density at radius 2 is 1.54 bits per heavy atom. The quantitative estimate of drug-likeness (QED) is 0.159. The lowest BCUT2D eigenvalue weighted by Gasteiger charge is -2.33. The molecule has 0 aliphatic carbocycles. The summed E-state index contributed by atoms with van der Waals surface area (Å²) >= 11 is 0. The molecule has 41 heavy (non-hydrogen) atoms. The van der Waals surface area contributed by atoms with E-state index >= 15 is 0 Å². The zero-order valence-corrected chi connectivity index (χ0v) is 24.1. The van der Waals surface area contributed by atoms with Crippen molar-refractivity contribution in [1.82, 2.24) is 10.2 Å². The van der Waals surface area contributed by atoms with Crippen molar-refractivity contribution in [1.29, 1.82) is 0 Å². The van der Waals surface area contributed by atoms with Gasteiger partial charge in [0.25, 0.3) is 15.7 Å². The van der Waals surface area contributed by atoms with Crippen LogP contribution in [0.15, 0.2) is 89.8 Å². The summed E-state index contributed by atoms with van der Waals surface area (Å²) in [7, 11) is -4.24. The van der Waals surface area contributed by atoms with E-state index in [4.69, 9.17) is 0 Å². The number of non-ortho nitro benzene ring substituents is 1. The van der Waals surface area contributed by atoms with Gasteiger partial charge in [0.05, 0.1) is 15.5 Å². The lowest BCUT2D eigenvalue weighted by Crippen LogP contribution is -2.53. The first kappa shape index (κ1) is 31.3. The van der Waals surface area contributed by atoms with E-state index in [9.17, 15) is 28.1 Å². The summed E-state index contributed by atoms with van der Waals surface area (Å²) in [5.74, 6) is -0.855. The molecule has 0 unspecified atom stereocenters. The molecule has 11 heteroatoms. The third-order valence-corrected chi connectivity index (χ3v) is 8.45. The average Bonchev–Trinajstić information content (AvgIpc) is 2.99. The number of sulfonamides is 1. The second-order valence-electron chi connectivity index (χ2n) is 9.49. The number of amides is 2. The lowest BCUT2D eigenvalue weighted by molar-refractivity contribution is -0.384. The Morgan fingerprint density at radius 1 is 0.927 bits per heavy atom. The van der Waals surface area contributed by atoms with Gasteiger partial charge in [-0.15, -0.1) is 0 Å². The summed E-state index contributed by atoms with van der Waals surface area (Å²) in [5, 5.41) is 14.1. The maximum atomic E-state index is 14.0. The fourth-order valence-electron chi connectivity index (χ4n) is 4.39. The number of nitro groups is 1. The number of unbranched alkanes of at least 4 members (excludes halogenated alkanes) is 1. The Labute approximate surface area is 241 Å². The molecule has 10 nitrogen and oxygen atoms in total. The molecule has 0 aromatic heterocycles. The second-order valence-corrected chi connectivity index (χ2v) is 11.4. The number of anilines is 1. The first-order chi connectivity index (χ1) is 19.7. The lowest BCUT2D eigenvalue weighted by atomic mass is 10.1. The Balaban J connectivity index is 1.99. The average molecular weight is 581 g/mol. The van der Waals surface area contributed by atoms with E-state index in [1.165, 1.54) is 41.3 Å². The number of carbonyl (C=O) groups excluding carboxylic acids is 2. The van der Waals surface area contributed by atoms with Crippen molar-refractivity contribution in [2.24, 2.45) is 0 Å². The van der Waals surface area contributed by atoms with Gasteiger partial charge in [0, 0.05) is 25.2 Å². The van der Waals surface area contributed by atoms with E-state index in [0.29, 0.717) is 19.4 Å². The molecule has 0 radical (unpaired) electrons. The van der Waals surface area contributed by atoms with Crippen LogP contribution in [0.4, 0.5) is 11.4 Å². The number of carbonyl (C=O) groups is 2. The van der Waals surface area contributed by atoms with Gasteiger partial charge in [-0.2, -0.15) is 0 Å². The minimum Gasteiger partial charge on any atom is -0.354 e. The molecular formula is C30H36N4O6S. The van der Waals surface area contributed by atoms with E-state index in [1.807, 2.05) is 44.2 Å². The van der Waals surface area contributed by atoms with Crippen LogP contribution in [0.1, 0.15) is 38.7 Å². The number of nitrogens with zero attached hydrogens (tertiary/aromatic N) is 3. The third-order valence-electron chi connectivity index (χ3n) is 6.66. The fraction of sp³-hybridized carbons (Fsp3) is 0.333. The van der Waals surface area contributed by atoms with Gasteiger partial charge in [-0.05, 0) is 49.1 Å². The van der Waals surface area contributed by atoms with Gasteiger partial charge in [-0.25, -0.2) is 8.42 Å². The maximum Gasteiger partial charge on any atom is 0.269 e. The van der Waals surface area contributed by atoms with Crippen LogP contribution in [-0.2, 0) is 26.0 Å². The van der Waals surface area contributed by atoms with Crippen LogP contribution in [0.3, 0.4) is 0 Å². The number of rotatable bonds is 15.